The fourth-order valence-electron chi connectivity index (χ4n) is 1.78. The molecular weight excluding hydrogens is 383 g/mol. The molecule has 0 nitrogen and oxygen atoms in total. The lowest BCUT2D eigenvalue weighted by molar-refractivity contribution is 1.19. The van der Waals surface area contributed by atoms with Gasteiger partial charge in [0.25, 0.3) is 0 Å². The van der Waals surface area contributed by atoms with E-state index in [-0.39, 0.29) is 4.83 Å². The Bertz CT molecular complexity index is 528. The summed E-state index contributed by atoms with van der Waals surface area (Å²) < 4.78 is 1.01. The van der Waals surface area contributed by atoms with Gasteiger partial charge in [-0.2, -0.15) is 0 Å². The van der Waals surface area contributed by atoms with Gasteiger partial charge >= 0.3 is 0 Å². The van der Waals surface area contributed by atoms with E-state index in [1.54, 1.807) is 0 Å². The Kier molecular flexibility index (Phi) is 4.35. The van der Waals surface area contributed by atoms with Crippen LogP contribution in [0.25, 0.3) is 0 Å². The molecule has 0 aliphatic carbocycles. The lowest BCUT2D eigenvalue weighted by atomic mass is 10.1. The van der Waals surface area contributed by atoms with Crippen molar-refractivity contribution in [1.29, 1.82) is 0 Å². The van der Waals surface area contributed by atoms with E-state index in [9.17, 15) is 0 Å². The molecule has 1 aromatic carbocycles. The van der Waals surface area contributed by atoms with E-state index in [0.717, 1.165) is 9.50 Å². The van der Waals surface area contributed by atoms with E-state index in [2.05, 4.69) is 57.8 Å². The molecule has 0 bridgehead atoms. The Balaban J connectivity index is 2.43. The van der Waals surface area contributed by atoms with Crippen LogP contribution in [0.3, 0.4) is 0 Å². The van der Waals surface area contributed by atoms with Crippen molar-refractivity contribution >= 4 is 54.8 Å². The predicted molar refractivity (Wildman–Crippen MR) is 83.7 cm³/mol. The van der Waals surface area contributed by atoms with Crippen LogP contribution in [0.5, 0.6) is 0 Å². The highest BCUT2D eigenvalue weighted by atomic mass is 79.9. The summed E-state index contributed by atoms with van der Waals surface area (Å²) in [6, 6.07) is 8.21. The first-order chi connectivity index (χ1) is 7.97. The summed E-state index contributed by atoms with van der Waals surface area (Å²) in [5, 5.41) is 0.754. The smallest absolute Gasteiger partial charge is 0.0741 e. The maximum absolute atomic E-state index is 6.08. The molecule has 2 rings (SSSR count). The van der Waals surface area contributed by atoms with Gasteiger partial charge in [-0.1, -0.05) is 43.5 Å². The average Bonchev–Trinajstić information content (AvgIpc) is 2.55. The Hall–Kier alpha value is 0.170. The summed E-state index contributed by atoms with van der Waals surface area (Å²) in [4.78, 5) is 2.89. The monoisotopic (exact) mass is 392 g/mol. The minimum atomic E-state index is 0.205. The number of hydrogen-bond donors (Lipinski definition) is 0. The third kappa shape index (κ3) is 3.14. The van der Waals surface area contributed by atoms with Crippen molar-refractivity contribution in [2.45, 2.75) is 18.7 Å². The maximum atomic E-state index is 6.08. The molecule has 0 saturated heterocycles. The number of thiophene rings is 1. The normalized spacial score (nSPS) is 12.8. The molecule has 1 unspecified atom stereocenters. The second kappa shape index (κ2) is 5.43. The number of rotatable bonds is 2. The number of benzene rings is 1. The van der Waals surface area contributed by atoms with Crippen LogP contribution >= 0.6 is 54.8 Å². The molecule has 0 N–H and O–H groups in total. The number of halogens is 3. The Morgan fingerprint density at radius 3 is 2.41 bits per heavy atom. The van der Waals surface area contributed by atoms with Crippen LogP contribution in [0.2, 0.25) is 5.02 Å². The highest BCUT2D eigenvalue weighted by molar-refractivity contribution is 9.10. The van der Waals surface area contributed by atoms with Crippen molar-refractivity contribution in [1.82, 2.24) is 0 Å². The summed E-state index contributed by atoms with van der Waals surface area (Å²) in [7, 11) is 0. The molecule has 2 aromatic rings. The van der Waals surface area contributed by atoms with Crippen molar-refractivity contribution < 1.29 is 0 Å². The summed E-state index contributed by atoms with van der Waals surface area (Å²) in [6.45, 7) is 4.28. The summed E-state index contributed by atoms with van der Waals surface area (Å²) in [5.74, 6) is 0. The molecule has 1 atom stereocenters. The van der Waals surface area contributed by atoms with Gasteiger partial charge in [0.1, 0.15) is 0 Å². The molecule has 4 heteroatoms. The van der Waals surface area contributed by atoms with Crippen LogP contribution < -0.4 is 0 Å². The van der Waals surface area contributed by atoms with Crippen LogP contribution in [0, 0.1) is 13.8 Å². The Morgan fingerprint density at radius 2 is 1.88 bits per heavy atom. The minimum absolute atomic E-state index is 0.205. The van der Waals surface area contributed by atoms with Gasteiger partial charge in [-0.3, -0.25) is 0 Å². The molecule has 0 amide bonds. The average molecular weight is 395 g/mol. The molecule has 90 valence electrons. The van der Waals surface area contributed by atoms with E-state index in [4.69, 9.17) is 11.6 Å². The van der Waals surface area contributed by atoms with Crippen LogP contribution in [0.15, 0.2) is 28.7 Å². The predicted octanol–water partition coefficient (Wildman–Crippen LogP) is 6.27. The van der Waals surface area contributed by atoms with Crippen LogP contribution in [0.1, 0.15) is 25.7 Å². The largest absolute Gasteiger partial charge is 0.144 e. The molecule has 0 saturated carbocycles. The molecule has 0 fully saturated rings. The van der Waals surface area contributed by atoms with Crippen molar-refractivity contribution in [3.63, 3.8) is 0 Å². The van der Waals surface area contributed by atoms with E-state index in [1.807, 2.05) is 23.5 Å². The maximum Gasteiger partial charge on any atom is 0.0741 e. The number of aryl methyl sites for hydroxylation is 2. The molecule has 1 aromatic heterocycles. The van der Waals surface area contributed by atoms with Gasteiger partial charge < -0.3 is 0 Å². The van der Waals surface area contributed by atoms with Gasteiger partial charge in [-0.05, 0) is 49.2 Å². The van der Waals surface area contributed by atoms with Crippen molar-refractivity contribution in [2.24, 2.45) is 0 Å². The first-order valence-corrected chi connectivity index (χ1v) is 8.04. The number of hydrogen-bond acceptors (Lipinski definition) is 1. The first-order valence-electron chi connectivity index (χ1n) is 5.14. The topological polar surface area (TPSA) is 0 Å². The molecule has 0 aliphatic rings. The lowest BCUT2D eigenvalue weighted by Crippen LogP contribution is -1.91. The van der Waals surface area contributed by atoms with Gasteiger partial charge in [-0.25, -0.2) is 0 Å². The van der Waals surface area contributed by atoms with E-state index >= 15 is 0 Å². The first kappa shape index (κ1) is 13.6. The van der Waals surface area contributed by atoms with Crippen molar-refractivity contribution in [3.05, 3.63) is 54.6 Å². The third-order valence-electron chi connectivity index (χ3n) is 2.49. The van der Waals surface area contributed by atoms with Crippen LogP contribution in [0.4, 0.5) is 0 Å². The zero-order valence-corrected chi connectivity index (χ0v) is 14.2. The van der Waals surface area contributed by atoms with Gasteiger partial charge in [-0.15, -0.1) is 11.3 Å². The molecule has 0 spiro atoms. The highest BCUT2D eigenvalue weighted by Gasteiger charge is 2.16. The summed E-state index contributed by atoms with van der Waals surface area (Å²) in [5.41, 5.74) is 2.50. The summed E-state index contributed by atoms with van der Waals surface area (Å²) in [6.07, 6.45) is 0. The second-order valence-corrected chi connectivity index (χ2v) is 7.53. The van der Waals surface area contributed by atoms with Crippen molar-refractivity contribution in [3.8, 4) is 0 Å². The molecule has 0 radical (unpaired) electrons. The Labute approximate surface area is 127 Å². The fraction of sp³-hybridized carbons (Fsp3) is 0.231. The van der Waals surface area contributed by atoms with E-state index in [1.165, 1.54) is 20.9 Å². The zero-order valence-electron chi connectivity index (χ0n) is 9.43. The third-order valence-corrected chi connectivity index (χ3v) is 5.67. The van der Waals surface area contributed by atoms with Crippen LogP contribution in [-0.4, -0.2) is 0 Å². The van der Waals surface area contributed by atoms with Crippen molar-refractivity contribution in [2.75, 3.05) is 0 Å². The molecule has 0 aliphatic heterocycles. The quantitative estimate of drug-likeness (QED) is 0.527. The second-order valence-electron chi connectivity index (χ2n) is 3.97. The minimum Gasteiger partial charge on any atom is -0.144 e. The highest BCUT2D eigenvalue weighted by Crippen LogP contribution is 2.39. The van der Waals surface area contributed by atoms with Crippen LogP contribution in [-0.2, 0) is 0 Å². The summed E-state index contributed by atoms with van der Waals surface area (Å²) >= 11 is 15.1. The Morgan fingerprint density at radius 1 is 1.18 bits per heavy atom. The standard InChI is InChI=1S/C13H11Br2ClS/c1-7-3-8(2)17-13(7)12(15)9-4-10(14)6-11(16)5-9/h3-6,12H,1-2H3. The zero-order chi connectivity index (χ0) is 12.6. The molecule has 1 heterocycles. The lowest BCUT2D eigenvalue weighted by Gasteiger charge is -2.11. The van der Waals surface area contributed by atoms with E-state index in [0.29, 0.717) is 0 Å². The van der Waals surface area contributed by atoms with E-state index < -0.39 is 0 Å². The molecular formula is C13H11Br2ClS. The van der Waals surface area contributed by atoms with Gasteiger partial charge in [0.05, 0.1) is 4.83 Å². The fourth-order valence-corrected chi connectivity index (χ4v) is 4.62. The van der Waals surface area contributed by atoms with Gasteiger partial charge in [0, 0.05) is 19.2 Å². The number of alkyl halides is 1. The SMILES string of the molecule is Cc1cc(C)c(C(Br)c2cc(Cl)cc(Br)c2)s1. The van der Waals surface area contributed by atoms with Gasteiger partial charge in [0.15, 0.2) is 0 Å². The van der Waals surface area contributed by atoms with Gasteiger partial charge in [0.2, 0.25) is 0 Å². The molecule has 17 heavy (non-hydrogen) atoms.